The summed E-state index contributed by atoms with van der Waals surface area (Å²) in [5.41, 5.74) is 0.0810. The van der Waals surface area contributed by atoms with Crippen molar-refractivity contribution < 1.29 is 39.6 Å². The number of aliphatic hydroxyl groups is 2. The number of hydrogen-bond acceptors (Lipinski definition) is 6. The molecule has 0 aliphatic carbocycles. The average molecular weight is 368 g/mol. The number of carbonyl (C=O) groups is 4. The molecule has 0 bridgehead atoms. The second-order valence-corrected chi connectivity index (χ2v) is 5.64. The number of aliphatic carboxylic acids is 2. The maximum absolute atomic E-state index is 12.0. The van der Waals surface area contributed by atoms with Crippen LogP contribution in [-0.4, -0.2) is 68.5 Å². The third kappa shape index (κ3) is 5.53. The Balaban J connectivity index is 2.84. The lowest BCUT2D eigenvalue weighted by molar-refractivity contribution is -0.142. The fourth-order valence-electron chi connectivity index (χ4n) is 2.00. The molecule has 0 aromatic heterocycles. The Labute approximate surface area is 148 Å². The summed E-state index contributed by atoms with van der Waals surface area (Å²) in [6, 6.07) is 1.97. The Kier molecular flexibility index (Phi) is 7.23. The summed E-state index contributed by atoms with van der Waals surface area (Å²) in [5.74, 6) is -4.33. The molecule has 0 unspecified atom stereocenters. The van der Waals surface area contributed by atoms with Crippen LogP contribution in [0.2, 0.25) is 0 Å². The van der Waals surface area contributed by atoms with Gasteiger partial charge in [-0.3, -0.25) is 9.59 Å². The molecule has 142 valence electrons. The second-order valence-electron chi connectivity index (χ2n) is 5.64. The third-order valence-corrected chi connectivity index (χ3v) is 3.48. The summed E-state index contributed by atoms with van der Waals surface area (Å²) in [6.45, 7) is 2.43. The number of carbonyl (C=O) groups excluding carboxylic acids is 2. The molecule has 0 saturated heterocycles. The van der Waals surface area contributed by atoms with Crippen LogP contribution in [0.5, 0.6) is 0 Å². The van der Waals surface area contributed by atoms with Crippen LogP contribution >= 0.6 is 0 Å². The summed E-state index contributed by atoms with van der Waals surface area (Å²) in [7, 11) is 0. The summed E-state index contributed by atoms with van der Waals surface area (Å²) >= 11 is 0. The highest BCUT2D eigenvalue weighted by molar-refractivity contribution is 6.00. The quantitative estimate of drug-likeness (QED) is 0.332. The van der Waals surface area contributed by atoms with Crippen molar-refractivity contribution in [2.24, 2.45) is 0 Å². The summed E-state index contributed by atoms with van der Waals surface area (Å²) in [4.78, 5) is 45.9. The van der Waals surface area contributed by atoms with Gasteiger partial charge in [0.05, 0.1) is 12.2 Å². The molecule has 0 radical (unpaired) electrons. The average Bonchev–Trinajstić information content (AvgIpc) is 2.55. The minimum absolute atomic E-state index is 0.0405. The molecular weight excluding hydrogens is 348 g/mol. The minimum Gasteiger partial charge on any atom is -0.480 e. The van der Waals surface area contributed by atoms with Crippen molar-refractivity contribution in [3.05, 3.63) is 35.4 Å². The molecule has 10 nitrogen and oxygen atoms in total. The maximum atomic E-state index is 12.0. The standard InChI is InChI=1S/C16H20N2O8/c1-7(19)11(15(23)24)17-13(21)9-3-5-10(6-4-9)14(22)18-12(8(2)20)16(25)26/h3-8,11-12,19-20H,1-2H3,(H,17,21)(H,18,22)(H,23,24)(H,25,26)/t7-,8+,11-,12-/m0/s1. The highest BCUT2D eigenvalue weighted by Gasteiger charge is 2.27. The van der Waals surface area contributed by atoms with Crippen molar-refractivity contribution in [1.29, 1.82) is 0 Å². The van der Waals surface area contributed by atoms with Crippen molar-refractivity contribution in [3.8, 4) is 0 Å². The molecule has 26 heavy (non-hydrogen) atoms. The van der Waals surface area contributed by atoms with Crippen molar-refractivity contribution in [3.63, 3.8) is 0 Å². The van der Waals surface area contributed by atoms with Gasteiger partial charge in [-0.1, -0.05) is 0 Å². The van der Waals surface area contributed by atoms with Gasteiger partial charge in [-0.2, -0.15) is 0 Å². The van der Waals surface area contributed by atoms with Gasteiger partial charge >= 0.3 is 11.9 Å². The maximum Gasteiger partial charge on any atom is 0.328 e. The van der Waals surface area contributed by atoms with Crippen molar-refractivity contribution >= 4 is 23.8 Å². The van der Waals surface area contributed by atoms with E-state index in [4.69, 9.17) is 10.2 Å². The molecule has 1 rings (SSSR count). The Morgan fingerprint density at radius 1 is 0.731 bits per heavy atom. The van der Waals surface area contributed by atoms with Crippen LogP contribution in [0.1, 0.15) is 34.6 Å². The van der Waals surface area contributed by atoms with E-state index in [-0.39, 0.29) is 11.1 Å². The van der Waals surface area contributed by atoms with Crippen LogP contribution in [0, 0.1) is 0 Å². The molecule has 6 N–H and O–H groups in total. The van der Waals surface area contributed by atoms with Gasteiger partial charge in [0, 0.05) is 11.1 Å². The zero-order valence-corrected chi connectivity index (χ0v) is 14.0. The van der Waals surface area contributed by atoms with E-state index in [9.17, 15) is 29.4 Å². The Hall–Kier alpha value is -2.98. The van der Waals surface area contributed by atoms with E-state index in [0.717, 1.165) is 0 Å². The number of aliphatic hydroxyl groups excluding tert-OH is 2. The fraction of sp³-hybridized carbons (Fsp3) is 0.375. The van der Waals surface area contributed by atoms with Crippen LogP contribution in [0.15, 0.2) is 24.3 Å². The number of rotatable bonds is 8. The largest absolute Gasteiger partial charge is 0.480 e. The molecule has 10 heteroatoms. The van der Waals surface area contributed by atoms with E-state index in [2.05, 4.69) is 10.6 Å². The molecule has 0 aliphatic heterocycles. The topological polar surface area (TPSA) is 173 Å². The number of benzene rings is 1. The lowest BCUT2D eigenvalue weighted by Crippen LogP contribution is -2.48. The molecule has 4 atom stereocenters. The molecule has 0 saturated carbocycles. The van der Waals surface area contributed by atoms with E-state index < -0.39 is 48.0 Å². The van der Waals surface area contributed by atoms with Crippen LogP contribution in [0.4, 0.5) is 0 Å². The minimum atomic E-state index is -1.49. The number of nitrogens with one attached hydrogen (secondary N) is 2. The van der Waals surface area contributed by atoms with Gasteiger partial charge in [-0.05, 0) is 38.1 Å². The van der Waals surface area contributed by atoms with E-state index in [1.165, 1.54) is 38.1 Å². The number of amides is 2. The zero-order chi connectivity index (χ0) is 20.0. The van der Waals surface area contributed by atoms with Crippen LogP contribution in [0.25, 0.3) is 0 Å². The highest BCUT2D eigenvalue weighted by atomic mass is 16.4. The van der Waals surface area contributed by atoms with Crippen LogP contribution in [-0.2, 0) is 9.59 Å². The van der Waals surface area contributed by atoms with E-state index in [1.807, 2.05) is 0 Å². The normalized spacial score (nSPS) is 15.2. The lowest BCUT2D eigenvalue weighted by atomic mass is 10.1. The first-order chi connectivity index (χ1) is 12.0. The van der Waals surface area contributed by atoms with Gasteiger partial charge in [0.1, 0.15) is 0 Å². The van der Waals surface area contributed by atoms with Crippen molar-refractivity contribution in [1.82, 2.24) is 10.6 Å². The Bertz CT molecular complexity index is 625. The monoisotopic (exact) mass is 368 g/mol. The molecule has 1 aromatic carbocycles. The lowest BCUT2D eigenvalue weighted by Gasteiger charge is -2.18. The molecule has 0 heterocycles. The molecule has 1 aromatic rings. The predicted molar refractivity (Wildman–Crippen MR) is 87.6 cm³/mol. The van der Waals surface area contributed by atoms with Crippen molar-refractivity contribution in [2.75, 3.05) is 0 Å². The SMILES string of the molecule is C[C@H](O)[C@H](NC(=O)c1ccc(C(=O)N[C@H](C(=O)O)[C@@H](C)O)cc1)C(=O)O. The fourth-order valence-corrected chi connectivity index (χ4v) is 2.00. The molecule has 0 fully saturated rings. The first kappa shape index (κ1) is 21.1. The van der Waals surface area contributed by atoms with E-state index in [0.29, 0.717) is 0 Å². The van der Waals surface area contributed by atoms with Gasteiger partial charge in [0.25, 0.3) is 11.8 Å². The van der Waals surface area contributed by atoms with E-state index >= 15 is 0 Å². The molecule has 0 spiro atoms. The highest BCUT2D eigenvalue weighted by Crippen LogP contribution is 2.07. The van der Waals surface area contributed by atoms with Gasteiger partial charge in [0.15, 0.2) is 12.1 Å². The van der Waals surface area contributed by atoms with Gasteiger partial charge < -0.3 is 31.1 Å². The van der Waals surface area contributed by atoms with Gasteiger partial charge in [0.2, 0.25) is 0 Å². The van der Waals surface area contributed by atoms with Crippen LogP contribution in [0.3, 0.4) is 0 Å². The summed E-state index contributed by atoms with van der Waals surface area (Å²) in [5, 5.41) is 40.9. The van der Waals surface area contributed by atoms with Crippen molar-refractivity contribution in [2.45, 2.75) is 38.1 Å². The van der Waals surface area contributed by atoms with Gasteiger partial charge in [-0.15, -0.1) is 0 Å². The summed E-state index contributed by atoms with van der Waals surface area (Å²) in [6.07, 6.45) is -2.62. The Morgan fingerprint density at radius 3 is 1.19 bits per heavy atom. The third-order valence-electron chi connectivity index (χ3n) is 3.48. The first-order valence-electron chi connectivity index (χ1n) is 7.58. The number of carboxylic acids is 2. The zero-order valence-electron chi connectivity index (χ0n) is 14.0. The first-order valence-corrected chi connectivity index (χ1v) is 7.58. The number of hydrogen-bond donors (Lipinski definition) is 6. The van der Waals surface area contributed by atoms with E-state index in [1.54, 1.807) is 0 Å². The predicted octanol–water partition coefficient (Wildman–Crippen LogP) is -1.19. The smallest absolute Gasteiger partial charge is 0.328 e. The summed E-state index contributed by atoms with van der Waals surface area (Å²) < 4.78 is 0. The second kappa shape index (κ2) is 8.92. The van der Waals surface area contributed by atoms with Gasteiger partial charge in [-0.25, -0.2) is 9.59 Å². The van der Waals surface area contributed by atoms with Crippen LogP contribution < -0.4 is 10.6 Å². The molecule has 2 amide bonds. The Morgan fingerprint density at radius 2 is 1.00 bits per heavy atom. The molecule has 0 aliphatic rings. The molecular formula is C16H20N2O8. The number of carboxylic acid groups (broad SMARTS) is 2.